The van der Waals surface area contributed by atoms with E-state index in [1.165, 1.54) is 12.3 Å². The molecule has 84 valence electrons. The van der Waals surface area contributed by atoms with E-state index in [2.05, 4.69) is 10.2 Å². The van der Waals surface area contributed by atoms with Gasteiger partial charge in [-0.15, -0.1) is 0 Å². The topological polar surface area (TPSA) is 62.8 Å². The Hall–Kier alpha value is -1.76. The molecular formula is C9H6F2N2O2S. The molecule has 0 aliphatic carbocycles. The van der Waals surface area contributed by atoms with E-state index in [1.807, 2.05) is 0 Å². The Kier molecular flexibility index (Phi) is 2.47. The van der Waals surface area contributed by atoms with Crippen molar-refractivity contribution >= 4 is 9.84 Å². The van der Waals surface area contributed by atoms with Gasteiger partial charge in [0.1, 0.15) is 11.6 Å². The van der Waals surface area contributed by atoms with Crippen LogP contribution in [0.5, 0.6) is 0 Å². The van der Waals surface area contributed by atoms with Gasteiger partial charge in [0.2, 0.25) is 9.84 Å². The van der Waals surface area contributed by atoms with E-state index in [9.17, 15) is 17.2 Å². The SMILES string of the molecule is O=S(=O)(c1cc(F)cc(F)c1)c1ccn[nH]1. The highest BCUT2D eigenvalue weighted by atomic mass is 32.2. The number of nitrogens with one attached hydrogen (secondary N) is 1. The average Bonchev–Trinajstić information content (AvgIpc) is 2.69. The highest BCUT2D eigenvalue weighted by Gasteiger charge is 2.20. The minimum atomic E-state index is -3.94. The number of aromatic amines is 1. The van der Waals surface area contributed by atoms with Crippen LogP contribution in [0.3, 0.4) is 0 Å². The molecule has 0 atom stereocenters. The number of halogens is 2. The van der Waals surface area contributed by atoms with Crippen molar-refractivity contribution in [3.63, 3.8) is 0 Å². The minimum absolute atomic E-state index is 0.211. The van der Waals surface area contributed by atoms with Gasteiger partial charge in [0.25, 0.3) is 0 Å². The summed E-state index contributed by atoms with van der Waals surface area (Å²) >= 11 is 0. The largest absolute Gasteiger partial charge is 0.267 e. The van der Waals surface area contributed by atoms with Gasteiger partial charge >= 0.3 is 0 Å². The Morgan fingerprint density at radius 3 is 2.25 bits per heavy atom. The van der Waals surface area contributed by atoms with E-state index in [0.717, 1.165) is 12.1 Å². The quantitative estimate of drug-likeness (QED) is 0.871. The van der Waals surface area contributed by atoms with Gasteiger partial charge in [-0.05, 0) is 18.2 Å². The monoisotopic (exact) mass is 244 g/mol. The Bertz CT molecular complexity index is 588. The van der Waals surface area contributed by atoms with E-state index >= 15 is 0 Å². The standard InChI is InChI=1S/C9H6F2N2O2S/c10-6-3-7(11)5-8(4-6)16(14,15)9-1-2-12-13-9/h1-5H,(H,12,13). The maximum absolute atomic E-state index is 12.9. The summed E-state index contributed by atoms with van der Waals surface area (Å²) in [7, 11) is -3.94. The minimum Gasteiger partial charge on any atom is -0.267 e. The lowest BCUT2D eigenvalue weighted by Crippen LogP contribution is -2.03. The van der Waals surface area contributed by atoms with Gasteiger partial charge in [-0.1, -0.05) is 0 Å². The molecule has 0 aliphatic rings. The van der Waals surface area contributed by atoms with E-state index in [1.54, 1.807) is 0 Å². The second-order valence-corrected chi connectivity index (χ2v) is 4.95. The molecule has 16 heavy (non-hydrogen) atoms. The molecule has 0 saturated carbocycles. The number of aromatic nitrogens is 2. The third-order valence-corrected chi connectivity index (χ3v) is 3.57. The number of hydrogen-bond acceptors (Lipinski definition) is 3. The lowest BCUT2D eigenvalue weighted by molar-refractivity contribution is 0.565. The maximum atomic E-state index is 12.9. The molecule has 4 nitrogen and oxygen atoms in total. The van der Waals surface area contributed by atoms with Crippen LogP contribution in [0.2, 0.25) is 0 Å². The van der Waals surface area contributed by atoms with Crippen molar-refractivity contribution in [1.29, 1.82) is 0 Å². The summed E-state index contributed by atoms with van der Waals surface area (Å²) in [5.41, 5.74) is 0. The van der Waals surface area contributed by atoms with Crippen LogP contribution in [-0.2, 0) is 9.84 Å². The van der Waals surface area contributed by atoms with Gasteiger partial charge in [-0.2, -0.15) is 5.10 Å². The first kappa shape index (κ1) is 10.7. The molecule has 0 amide bonds. The van der Waals surface area contributed by atoms with Crippen LogP contribution < -0.4 is 0 Å². The smallest absolute Gasteiger partial charge is 0.223 e. The van der Waals surface area contributed by atoms with Gasteiger partial charge in [0.15, 0.2) is 5.03 Å². The van der Waals surface area contributed by atoms with Gasteiger partial charge in [-0.25, -0.2) is 17.2 Å². The molecule has 0 aliphatic heterocycles. The van der Waals surface area contributed by atoms with E-state index in [-0.39, 0.29) is 5.03 Å². The zero-order chi connectivity index (χ0) is 11.8. The first-order chi connectivity index (χ1) is 7.50. The fraction of sp³-hybridized carbons (Fsp3) is 0. The molecule has 0 radical (unpaired) electrons. The maximum Gasteiger partial charge on any atom is 0.223 e. The predicted molar refractivity (Wildman–Crippen MR) is 50.4 cm³/mol. The Labute approximate surface area is 89.8 Å². The first-order valence-corrected chi connectivity index (χ1v) is 5.69. The molecule has 1 N–H and O–H groups in total. The molecule has 0 saturated heterocycles. The molecule has 2 aromatic rings. The molecular weight excluding hydrogens is 238 g/mol. The highest BCUT2D eigenvalue weighted by molar-refractivity contribution is 7.91. The molecule has 0 fully saturated rings. The molecule has 0 unspecified atom stereocenters. The van der Waals surface area contributed by atoms with Crippen LogP contribution in [0.25, 0.3) is 0 Å². The van der Waals surface area contributed by atoms with Gasteiger partial charge in [-0.3, -0.25) is 5.10 Å². The van der Waals surface area contributed by atoms with Crippen molar-refractivity contribution in [2.75, 3.05) is 0 Å². The van der Waals surface area contributed by atoms with Crippen LogP contribution in [0, 0.1) is 11.6 Å². The summed E-state index contributed by atoms with van der Waals surface area (Å²) in [5.74, 6) is -1.89. The van der Waals surface area contributed by atoms with E-state index in [4.69, 9.17) is 0 Å². The zero-order valence-electron chi connectivity index (χ0n) is 7.81. The van der Waals surface area contributed by atoms with Crippen LogP contribution in [0.15, 0.2) is 40.4 Å². The molecule has 0 bridgehead atoms. The van der Waals surface area contributed by atoms with Crippen molar-refractivity contribution in [1.82, 2.24) is 10.2 Å². The third-order valence-electron chi connectivity index (χ3n) is 1.91. The van der Waals surface area contributed by atoms with Crippen LogP contribution in [0.1, 0.15) is 0 Å². The summed E-state index contributed by atoms with van der Waals surface area (Å²) in [6, 6.07) is 3.31. The van der Waals surface area contributed by atoms with Crippen molar-refractivity contribution in [3.8, 4) is 0 Å². The summed E-state index contributed by atoms with van der Waals surface area (Å²) in [4.78, 5) is -0.450. The Balaban J connectivity index is 2.61. The lowest BCUT2D eigenvalue weighted by atomic mass is 10.3. The van der Waals surface area contributed by atoms with Crippen molar-refractivity contribution in [2.24, 2.45) is 0 Å². The van der Waals surface area contributed by atoms with Crippen molar-refractivity contribution in [2.45, 2.75) is 9.92 Å². The second-order valence-electron chi connectivity index (χ2n) is 3.03. The number of nitrogens with zero attached hydrogens (tertiary/aromatic N) is 1. The third kappa shape index (κ3) is 1.81. The molecule has 1 aromatic carbocycles. The molecule has 1 aromatic heterocycles. The van der Waals surface area contributed by atoms with Crippen LogP contribution >= 0.6 is 0 Å². The van der Waals surface area contributed by atoms with E-state index < -0.39 is 26.4 Å². The number of benzene rings is 1. The lowest BCUT2D eigenvalue weighted by Gasteiger charge is -2.01. The number of H-pyrrole nitrogens is 1. The Morgan fingerprint density at radius 1 is 1.12 bits per heavy atom. The van der Waals surface area contributed by atoms with Crippen molar-refractivity contribution < 1.29 is 17.2 Å². The summed E-state index contributed by atoms with van der Waals surface area (Å²) in [6.07, 6.45) is 1.24. The van der Waals surface area contributed by atoms with Gasteiger partial charge in [0.05, 0.1) is 11.1 Å². The summed E-state index contributed by atoms with van der Waals surface area (Å²) < 4.78 is 49.3. The molecule has 1 heterocycles. The average molecular weight is 244 g/mol. The Morgan fingerprint density at radius 2 is 1.75 bits per heavy atom. The predicted octanol–water partition coefficient (Wildman–Crippen LogP) is 1.52. The van der Waals surface area contributed by atoms with Crippen LogP contribution in [0.4, 0.5) is 8.78 Å². The number of sulfone groups is 1. The zero-order valence-corrected chi connectivity index (χ0v) is 8.63. The van der Waals surface area contributed by atoms with Gasteiger partial charge in [0, 0.05) is 6.07 Å². The highest BCUT2D eigenvalue weighted by Crippen LogP contribution is 2.20. The molecule has 7 heteroatoms. The first-order valence-electron chi connectivity index (χ1n) is 4.21. The fourth-order valence-corrected chi connectivity index (χ4v) is 2.41. The van der Waals surface area contributed by atoms with Crippen molar-refractivity contribution in [3.05, 3.63) is 42.1 Å². The summed E-state index contributed by atoms with van der Waals surface area (Å²) in [6.45, 7) is 0. The number of hydrogen-bond donors (Lipinski definition) is 1. The molecule has 2 rings (SSSR count). The summed E-state index contributed by atoms with van der Waals surface area (Å²) in [5, 5.41) is 5.49. The normalized spacial score (nSPS) is 11.6. The second kappa shape index (κ2) is 3.67. The fourth-order valence-electron chi connectivity index (χ4n) is 1.20. The molecule has 0 spiro atoms. The van der Waals surface area contributed by atoms with E-state index in [0.29, 0.717) is 6.07 Å². The van der Waals surface area contributed by atoms with Crippen LogP contribution in [-0.4, -0.2) is 18.6 Å². The number of rotatable bonds is 2. The van der Waals surface area contributed by atoms with Gasteiger partial charge < -0.3 is 0 Å².